The molecule has 0 aliphatic rings. The zero-order chi connectivity index (χ0) is 14.1. The number of aliphatic imine (C=N–C) groups is 1. The van der Waals surface area contributed by atoms with E-state index in [1.165, 1.54) is 0 Å². The second-order valence-electron chi connectivity index (χ2n) is 4.13. The van der Waals surface area contributed by atoms with E-state index < -0.39 is 0 Å². The molecule has 0 aliphatic carbocycles. The van der Waals surface area contributed by atoms with Crippen LogP contribution in [0, 0.1) is 0 Å². The van der Waals surface area contributed by atoms with Crippen LogP contribution < -0.4 is 15.5 Å². The van der Waals surface area contributed by atoms with Crippen LogP contribution in [0.3, 0.4) is 0 Å². The molecule has 0 bridgehead atoms. The van der Waals surface area contributed by atoms with E-state index in [2.05, 4.69) is 20.6 Å². The van der Waals surface area contributed by atoms with Crippen LogP contribution >= 0.6 is 11.3 Å². The number of hydrogen-bond donors (Lipinski definition) is 2. The number of nitrogens with one attached hydrogen (secondary N) is 2. The Labute approximate surface area is 118 Å². The molecule has 0 unspecified atom stereocenters. The van der Waals surface area contributed by atoms with Crippen molar-refractivity contribution in [3.05, 3.63) is 11.1 Å². The number of ether oxygens (including phenoxy) is 1. The van der Waals surface area contributed by atoms with Crippen LogP contribution in [0.25, 0.3) is 0 Å². The molecule has 1 aromatic heterocycles. The monoisotopic (exact) mass is 285 g/mol. The van der Waals surface area contributed by atoms with Crippen LogP contribution in [0.4, 0.5) is 5.13 Å². The highest BCUT2D eigenvalue weighted by molar-refractivity contribution is 7.13. The summed E-state index contributed by atoms with van der Waals surface area (Å²) in [6, 6.07) is 0. The van der Waals surface area contributed by atoms with E-state index in [-0.39, 0.29) is 0 Å². The van der Waals surface area contributed by atoms with E-state index in [1.54, 1.807) is 18.4 Å². The van der Waals surface area contributed by atoms with Crippen molar-refractivity contribution in [1.29, 1.82) is 0 Å². The summed E-state index contributed by atoms with van der Waals surface area (Å²) < 4.78 is 5.00. The van der Waals surface area contributed by atoms with Crippen molar-refractivity contribution in [2.24, 2.45) is 4.99 Å². The van der Waals surface area contributed by atoms with Gasteiger partial charge in [0.15, 0.2) is 11.1 Å². The van der Waals surface area contributed by atoms with Crippen LogP contribution in [-0.4, -0.2) is 51.8 Å². The Morgan fingerprint density at radius 2 is 2.26 bits per heavy atom. The van der Waals surface area contributed by atoms with Gasteiger partial charge in [-0.15, -0.1) is 11.3 Å². The Balaban J connectivity index is 2.52. The minimum absolute atomic E-state index is 0.576. The van der Waals surface area contributed by atoms with Crippen molar-refractivity contribution in [2.75, 3.05) is 45.8 Å². The van der Waals surface area contributed by atoms with Gasteiger partial charge in [0.05, 0.1) is 18.8 Å². The van der Waals surface area contributed by atoms with Gasteiger partial charge in [0.1, 0.15) is 0 Å². The molecule has 0 saturated heterocycles. The fourth-order valence-electron chi connectivity index (χ4n) is 1.35. The lowest BCUT2D eigenvalue weighted by Gasteiger charge is -2.10. The molecule has 1 heterocycles. The molecular formula is C12H23N5OS. The molecule has 0 atom stereocenters. The summed E-state index contributed by atoms with van der Waals surface area (Å²) in [6.45, 7) is 4.85. The molecule has 6 nitrogen and oxygen atoms in total. The second-order valence-corrected chi connectivity index (χ2v) is 4.97. The molecule has 0 aliphatic heterocycles. The van der Waals surface area contributed by atoms with Crippen LogP contribution in [0.15, 0.2) is 10.4 Å². The van der Waals surface area contributed by atoms with E-state index in [0.29, 0.717) is 13.2 Å². The average molecular weight is 285 g/mol. The van der Waals surface area contributed by atoms with E-state index in [1.807, 2.05) is 31.3 Å². The minimum Gasteiger partial charge on any atom is -0.383 e. The number of nitrogens with zero attached hydrogens (tertiary/aromatic N) is 3. The highest BCUT2D eigenvalue weighted by Gasteiger charge is 2.03. The number of hydrogen-bond acceptors (Lipinski definition) is 5. The number of thiazole rings is 1. The van der Waals surface area contributed by atoms with Gasteiger partial charge in [0.25, 0.3) is 0 Å². The fourth-order valence-corrected chi connectivity index (χ4v) is 2.10. The lowest BCUT2D eigenvalue weighted by atomic mass is 10.5. The quantitative estimate of drug-likeness (QED) is 0.443. The fraction of sp³-hybridized carbons (Fsp3) is 0.667. The maximum atomic E-state index is 5.00. The number of methoxy groups -OCH3 is 1. The van der Waals surface area contributed by atoms with Gasteiger partial charge in [-0.2, -0.15) is 0 Å². The van der Waals surface area contributed by atoms with E-state index >= 15 is 0 Å². The third kappa shape index (κ3) is 5.89. The van der Waals surface area contributed by atoms with E-state index in [9.17, 15) is 0 Å². The summed E-state index contributed by atoms with van der Waals surface area (Å²) in [5.41, 5.74) is 0.984. The summed E-state index contributed by atoms with van der Waals surface area (Å²) in [7, 11) is 5.66. The molecule has 0 fully saturated rings. The van der Waals surface area contributed by atoms with Gasteiger partial charge in [-0.3, -0.25) is 0 Å². The predicted molar refractivity (Wildman–Crippen MR) is 81.1 cm³/mol. The summed E-state index contributed by atoms with van der Waals surface area (Å²) in [5, 5.41) is 9.43. The Morgan fingerprint density at radius 3 is 2.84 bits per heavy atom. The molecule has 0 radical (unpaired) electrons. The average Bonchev–Trinajstić information content (AvgIpc) is 2.85. The largest absolute Gasteiger partial charge is 0.383 e. The molecule has 1 rings (SSSR count). The SMILES string of the molecule is CCNC(=NCc1csc(N(C)C)n1)NCCOC. The van der Waals surface area contributed by atoms with Crippen LogP contribution in [0.1, 0.15) is 12.6 Å². The molecule has 0 aromatic carbocycles. The summed E-state index contributed by atoms with van der Waals surface area (Å²) in [6.07, 6.45) is 0. The second kappa shape index (κ2) is 8.71. The van der Waals surface area contributed by atoms with Crippen molar-refractivity contribution in [3.63, 3.8) is 0 Å². The van der Waals surface area contributed by atoms with Crippen molar-refractivity contribution in [1.82, 2.24) is 15.6 Å². The lowest BCUT2D eigenvalue weighted by Crippen LogP contribution is -2.38. The van der Waals surface area contributed by atoms with Crippen molar-refractivity contribution in [2.45, 2.75) is 13.5 Å². The highest BCUT2D eigenvalue weighted by atomic mass is 32.1. The zero-order valence-electron chi connectivity index (χ0n) is 12.1. The van der Waals surface area contributed by atoms with Gasteiger partial charge < -0.3 is 20.3 Å². The first-order valence-electron chi connectivity index (χ1n) is 6.30. The summed E-state index contributed by atoms with van der Waals surface area (Å²) >= 11 is 1.63. The molecule has 1 aromatic rings. The minimum atomic E-state index is 0.576. The Kier molecular flexibility index (Phi) is 7.20. The molecule has 0 saturated carbocycles. The van der Waals surface area contributed by atoms with Gasteiger partial charge in [0, 0.05) is 39.7 Å². The molecule has 19 heavy (non-hydrogen) atoms. The van der Waals surface area contributed by atoms with E-state index in [4.69, 9.17) is 4.74 Å². The topological polar surface area (TPSA) is 61.8 Å². The van der Waals surface area contributed by atoms with Crippen molar-refractivity contribution in [3.8, 4) is 0 Å². The van der Waals surface area contributed by atoms with E-state index in [0.717, 1.165) is 29.9 Å². The number of guanidine groups is 1. The Morgan fingerprint density at radius 1 is 1.47 bits per heavy atom. The third-order valence-corrected chi connectivity index (χ3v) is 3.32. The maximum absolute atomic E-state index is 5.00. The summed E-state index contributed by atoms with van der Waals surface area (Å²) in [5.74, 6) is 0.791. The van der Waals surface area contributed by atoms with Gasteiger partial charge in [-0.1, -0.05) is 0 Å². The normalized spacial score (nSPS) is 11.5. The molecule has 0 amide bonds. The summed E-state index contributed by atoms with van der Waals surface area (Å²) in [4.78, 5) is 11.0. The van der Waals surface area contributed by atoms with Crippen LogP contribution in [0.2, 0.25) is 0 Å². The van der Waals surface area contributed by atoms with Crippen LogP contribution in [-0.2, 0) is 11.3 Å². The molecule has 2 N–H and O–H groups in total. The standard InChI is InChI=1S/C12H23N5OS/c1-5-13-11(14-6-7-18-4)15-8-10-9-19-12(16-10)17(2)3/h9H,5-8H2,1-4H3,(H2,13,14,15). The number of aromatic nitrogens is 1. The van der Waals surface area contributed by atoms with Gasteiger partial charge in [-0.25, -0.2) is 9.98 Å². The number of anilines is 1. The molecule has 108 valence electrons. The Bertz CT molecular complexity index is 391. The van der Waals surface area contributed by atoms with Crippen LogP contribution in [0.5, 0.6) is 0 Å². The maximum Gasteiger partial charge on any atom is 0.191 e. The smallest absolute Gasteiger partial charge is 0.191 e. The first-order chi connectivity index (χ1) is 9.17. The molecule has 7 heteroatoms. The number of rotatable bonds is 7. The van der Waals surface area contributed by atoms with Crippen molar-refractivity contribution >= 4 is 22.4 Å². The van der Waals surface area contributed by atoms with Gasteiger partial charge >= 0.3 is 0 Å². The third-order valence-electron chi connectivity index (χ3n) is 2.26. The first kappa shape index (κ1) is 15.7. The molecule has 0 spiro atoms. The lowest BCUT2D eigenvalue weighted by molar-refractivity contribution is 0.203. The molecular weight excluding hydrogens is 262 g/mol. The zero-order valence-corrected chi connectivity index (χ0v) is 12.9. The van der Waals surface area contributed by atoms with Crippen molar-refractivity contribution < 1.29 is 4.74 Å². The predicted octanol–water partition coefficient (Wildman–Crippen LogP) is 0.911. The van der Waals surface area contributed by atoms with Gasteiger partial charge in [-0.05, 0) is 6.92 Å². The Hall–Kier alpha value is -1.34. The highest BCUT2D eigenvalue weighted by Crippen LogP contribution is 2.18. The first-order valence-corrected chi connectivity index (χ1v) is 7.18. The van der Waals surface area contributed by atoms with Gasteiger partial charge in [0.2, 0.25) is 0 Å².